The van der Waals surface area contributed by atoms with Gasteiger partial charge in [-0.05, 0) is 29.4 Å². The van der Waals surface area contributed by atoms with Gasteiger partial charge in [0.1, 0.15) is 5.82 Å². The van der Waals surface area contributed by atoms with Crippen molar-refractivity contribution >= 4 is 18.5 Å². The first-order valence-electron chi connectivity index (χ1n) is 7.71. The van der Waals surface area contributed by atoms with Gasteiger partial charge in [-0.2, -0.15) is 0 Å². The van der Waals surface area contributed by atoms with Crippen molar-refractivity contribution < 1.29 is 19.2 Å². The Morgan fingerprint density at radius 3 is 2.36 bits per heavy atom. The van der Waals surface area contributed by atoms with Crippen molar-refractivity contribution in [2.75, 3.05) is 13.1 Å². The number of likely N-dealkylation sites (tertiary alicyclic amines) is 1. The van der Waals surface area contributed by atoms with Crippen LogP contribution in [0.25, 0.3) is 0 Å². The normalized spacial score (nSPS) is 25.2. The second-order valence-electron chi connectivity index (χ2n) is 6.52. The number of hydrogen-bond donors (Lipinski definition) is 2. The van der Waals surface area contributed by atoms with E-state index >= 15 is 0 Å². The molecule has 2 unspecified atom stereocenters. The van der Waals surface area contributed by atoms with E-state index in [1.165, 1.54) is 12.1 Å². The van der Waals surface area contributed by atoms with E-state index in [2.05, 4.69) is 20.8 Å². The van der Waals surface area contributed by atoms with Crippen LogP contribution in [0, 0.1) is 23.6 Å². The Morgan fingerprint density at radius 2 is 1.86 bits per heavy atom. The monoisotopic (exact) mass is 307 g/mol. The number of amides is 1. The molecule has 0 radical (unpaired) electrons. The molecule has 0 bridgehead atoms. The minimum atomic E-state index is -1.84. The van der Waals surface area contributed by atoms with Gasteiger partial charge in [0.25, 0.3) is 0 Å². The Labute approximate surface area is 131 Å². The third-order valence-corrected chi connectivity index (χ3v) is 4.86. The van der Waals surface area contributed by atoms with Gasteiger partial charge in [-0.25, -0.2) is 4.39 Å². The Hall–Kier alpha value is -1.40. The molecule has 1 aromatic carbocycles. The molecule has 1 aliphatic heterocycles. The molecular weight excluding hydrogens is 284 g/mol. The van der Waals surface area contributed by atoms with E-state index in [0.717, 1.165) is 13.1 Å². The van der Waals surface area contributed by atoms with Gasteiger partial charge in [-0.1, -0.05) is 32.9 Å². The Balaban J connectivity index is 2.04. The van der Waals surface area contributed by atoms with Gasteiger partial charge in [0.05, 0.1) is 6.42 Å². The molecular formula is C16H23BFNO3. The van der Waals surface area contributed by atoms with Crippen LogP contribution in [0.1, 0.15) is 26.3 Å². The third kappa shape index (κ3) is 3.68. The van der Waals surface area contributed by atoms with Gasteiger partial charge in [-0.15, -0.1) is 0 Å². The zero-order chi connectivity index (χ0) is 16.4. The van der Waals surface area contributed by atoms with Crippen LogP contribution in [0.15, 0.2) is 18.2 Å². The van der Waals surface area contributed by atoms with Gasteiger partial charge >= 0.3 is 7.12 Å². The van der Waals surface area contributed by atoms with Crippen LogP contribution < -0.4 is 5.46 Å². The van der Waals surface area contributed by atoms with Crippen LogP contribution >= 0.6 is 0 Å². The van der Waals surface area contributed by atoms with Crippen molar-refractivity contribution in [1.82, 2.24) is 4.90 Å². The smallest absolute Gasteiger partial charge is 0.423 e. The van der Waals surface area contributed by atoms with Crippen LogP contribution in [0.5, 0.6) is 0 Å². The molecule has 4 nitrogen and oxygen atoms in total. The minimum absolute atomic E-state index is 0.0118. The highest BCUT2D eigenvalue weighted by Crippen LogP contribution is 2.28. The number of nitrogens with zero attached hydrogens (tertiary/aromatic N) is 1. The summed E-state index contributed by atoms with van der Waals surface area (Å²) >= 11 is 0. The summed E-state index contributed by atoms with van der Waals surface area (Å²) in [5, 5.41) is 18.0. The molecule has 0 aromatic heterocycles. The number of hydrogen-bond acceptors (Lipinski definition) is 3. The number of halogens is 1. The van der Waals surface area contributed by atoms with E-state index < -0.39 is 12.9 Å². The second-order valence-corrected chi connectivity index (χ2v) is 6.52. The van der Waals surface area contributed by atoms with Crippen LogP contribution in [-0.2, 0) is 11.2 Å². The summed E-state index contributed by atoms with van der Waals surface area (Å²) in [6, 6.07) is 4.08. The van der Waals surface area contributed by atoms with Gasteiger partial charge < -0.3 is 14.9 Å². The SMILES string of the molecule is CC1CN(C(=O)Cc2ccc(B(O)O)c(F)c2)CC(C)C1C. The molecule has 0 saturated carbocycles. The minimum Gasteiger partial charge on any atom is -0.423 e. The quantitative estimate of drug-likeness (QED) is 0.812. The number of carbonyl (C=O) groups excluding carboxylic acids is 1. The molecule has 120 valence electrons. The van der Waals surface area contributed by atoms with E-state index in [9.17, 15) is 9.18 Å². The summed E-state index contributed by atoms with van der Waals surface area (Å²) in [5.74, 6) is 0.788. The van der Waals surface area contributed by atoms with Gasteiger partial charge in [-0.3, -0.25) is 4.79 Å². The van der Waals surface area contributed by atoms with E-state index in [1.54, 1.807) is 6.07 Å². The highest BCUT2D eigenvalue weighted by molar-refractivity contribution is 6.58. The summed E-state index contributed by atoms with van der Waals surface area (Å²) in [4.78, 5) is 14.2. The van der Waals surface area contributed by atoms with Crippen molar-refractivity contribution in [3.63, 3.8) is 0 Å². The summed E-state index contributed by atoms with van der Waals surface area (Å²) in [7, 11) is -1.84. The lowest BCUT2D eigenvalue weighted by Gasteiger charge is -2.40. The Kier molecular flexibility index (Phi) is 5.24. The number of piperidine rings is 1. The maximum atomic E-state index is 13.7. The Bertz CT molecular complexity index is 540. The van der Waals surface area contributed by atoms with E-state index in [0.29, 0.717) is 23.3 Å². The fourth-order valence-corrected chi connectivity index (χ4v) is 3.04. The number of carbonyl (C=O) groups is 1. The van der Waals surface area contributed by atoms with E-state index in [1.807, 2.05) is 4.90 Å². The zero-order valence-corrected chi connectivity index (χ0v) is 13.3. The molecule has 22 heavy (non-hydrogen) atoms. The van der Waals surface area contributed by atoms with Crippen molar-refractivity contribution in [2.45, 2.75) is 27.2 Å². The van der Waals surface area contributed by atoms with E-state index in [4.69, 9.17) is 10.0 Å². The lowest BCUT2D eigenvalue weighted by atomic mass is 9.79. The largest absolute Gasteiger partial charge is 0.491 e. The van der Waals surface area contributed by atoms with Gasteiger partial charge in [0, 0.05) is 18.6 Å². The van der Waals surface area contributed by atoms with Gasteiger partial charge in [0.15, 0.2) is 0 Å². The molecule has 2 atom stereocenters. The van der Waals surface area contributed by atoms with Gasteiger partial charge in [0.2, 0.25) is 5.91 Å². The topological polar surface area (TPSA) is 60.8 Å². The van der Waals surface area contributed by atoms with Crippen molar-refractivity contribution in [1.29, 1.82) is 0 Å². The fraction of sp³-hybridized carbons (Fsp3) is 0.562. The first-order valence-corrected chi connectivity index (χ1v) is 7.71. The van der Waals surface area contributed by atoms with Crippen LogP contribution in [-0.4, -0.2) is 41.1 Å². The molecule has 6 heteroatoms. The molecule has 1 fully saturated rings. The van der Waals surface area contributed by atoms with Crippen molar-refractivity contribution in [3.05, 3.63) is 29.6 Å². The molecule has 1 amide bonds. The van der Waals surface area contributed by atoms with Crippen LogP contribution in [0.3, 0.4) is 0 Å². The predicted molar refractivity (Wildman–Crippen MR) is 84.0 cm³/mol. The average molecular weight is 307 g/mol. The standard InChI is InChI=1S/C16H23BFNO3/c1-10-8-19(9-11(2)12(10)3)16(20)7-13-4-5-14(17(21)22)15(18)6-13/h4-6,10-12,21-22H,7-9H2,1-3H3. The summed E-state index contributed by atoms with van der Waals surface area (Å²) in [5.41, 5.74) is 0.371. The second kappa shape index (κ2) is 6.79. The molecule has 0 aliphatic carbocycles. The van der Waals surface area contributed by atoms with Crippen LogP contribution in [0.2, 0.25) is 0 Å². The first-order chi connectivity index (χ1) is 10.3. The fourth-order valence-electron chi connectivity index (χ4n) is 3.04. The number of rotatable bonds is 3. The average Bonchev–Trinajstić information content (AvgIpc) is 2.43. The molecule has 0 spiro atoms. The Morgan fingerprint density at radius 1 is 1.27 bits per heavy atom. The molecule has 2 rings (SSSR count). The third-order valence-electron chi connectivity index (χ3n) is 4.86. The number of benzene rings is 1. The molecule has 1 saturated heterocycles. The predicted octanol–water partition coefficient (Wildman–Crippen LogP) is 0.799. The van der Waals surface area contributed by atoms with Crippen molar-refractivity contribution in [3.8, 4) is 0 Å². The maximum absolute atomic E-state index is 13.7. The van der Waals surface area contributed by atoms with Crippen molar-refractivity contribution in [2.24, 2.45) is 17.8 Å². The molecule has 2 N–H and O–H groups in total. The summed E-state index contributed by atoms with van der Waals surface area (Å²) < 4.78 is 13.7. The molecule has 1 aromatic rings. The first kappa shape index (κ1) is 17.0. The van der Waals surface area contributed by atoms with Crippen LogP contribution in [0.4, 0.5) is 4.39 Å². The summed E-state index contributed by atoms with van der Waals surface area (Å²) in [6.07, 6.45) is 0.131. The lowest BCUT2D eigenvalue weighted by Crippen LogP contribution is -2.47. The maximum Gasteiger partial charge on any atom is 0.491 e. The highest BCUT2D eigenvalue weighted by Gasteiger charge is 2.31. The highest BCUT2D eigenvalue weighted by atomic mass is 19.1. The zero-order valence-electron chi connectivity index (χ0n) is 13.3. The van der Waals surface area contributed by atoms with E-state index in [-0.39, 0.29) is 17.8 Å². The molecule has 1 heterocycles. The molecule has 1 aliphatic rings. The summed E-state index contributed by atoms with van der Waals surface area (Å²) in [6.45, 7) is 7.99. The lowest BCUT2D eigenvalue weighted by molar-refractivity contribution is -0.134.